The Labute approximate surface area is 178 Å². The second-order valence-electron chi connectivity index (χ2n) is 7.67. The minimum Gasteiger partial charge on any atom is -0.388 e. The molecule has 0 aliphatic carbocycles. The lowest BCUT2D eigenvalue weighted by molar-refractivity contribution is 0.0646. The number of hydrogen-bond acceptors (Lipinski definition) is 5. The lowest BCUT2D eigenvalue weighted by Crippen LogP contribution is -2.39. The first-order valence-electron chi connectivity index (χ1n) is 9.49. The Hall–Kier alpha value is -3.03. The molecule has 4 rings (SSSR count). The molecule has 154 valence electrons. The van der Waals surface area contributed by atoms with Gasteiger partial charge >= 0.3 is 0 Å². The highest BCUT2D eigenvalue weighted by atomic mass is 35.5. The van der Waals surface area contributed by atoms with Gasteiger partial charge in [-0.2, -0.15) is 5.10 Å². The molecule has 2 heterocycles. The Morgan fingerprint density at radius 3 is 2.50 bits per heavy atom. The van der Waals surface area contributed by atoms with Crippen LogP contribution in [0.1, 0.15) is 20.8 Å². The van der Waals surface area contributed by atoms with Gasteiger partial charge in [-0.05, 0) is 57.2 Å². The molecule has 2 aromatic carbocycles. The summed E-state index contributed by atoms with van der Waals surface area (Å²) < 4.78 is 15.1. The second kappa shape index (κ2) is 7.66. The van der Waals surface area contributed by atoms with E-state index in [2.05, 4.69) is 15.3 Å². The van der Waals surface area contributed by atoms with Gasteiger partial charge in [0.25, 0.3) is 0 Å². The van der Waals surface area contributed by atoms with E-state index >= 15 is 0 Å². The maximum absolute atomic E-state index is 13.5. The third-order valence-electron chi connectivity index (χ3n) is 5.03. The van der Waals surface area contributed by atoms with Gasteiger partial charge in [0.15, 0.2) is 0 Å². The number of fused-ring (bicyclic) bond motifs is 1. The largest absolute Gasteiger partial charge is 0.388 e. The van der Waals surface area contributed by atoms with Crippen molar-refractivity contribution in [2.24, 2.45) is 0 Å². The van der Waals surface area contributed by atoms with E-state index in [9.17, 15) is 9.50 Å². The topological polar surface area (TPSA) is 75.9 Å². The standard InChI is InChI=1S/C22H21ClFN5O/c1-13(22(2,3)30)26-21-25-12-18-20(27-21)19(14-8-10-15(24)11-9-14)28-29(18)17-7-5-4-6-16(17)23/h4-13,30H,1-3H3,(H,25,26,27)/t13-/m0/s1. The zero-order valence-electron chi connectivity index (χ0n) is 16.8. The lowest BCUT2D eigenvalue weighted by Gasteiger charge is -2.26. The third kappa shape index (κ3) is 3.86. The van der Waals surface area contributed by atoms with Crippen molar-refractivity contribution in [1.82, 2.24) is 19.7 Å². The van der Waals surface area contributed by atoms with E-state index in [4.69, 9.17) is 16.7 Å². The van der Waals surface area contributed by atoms with Crippen molar-refractivity contribution in [1.29, 1.82) is 0 Å². The first-order valence-corrected chi connectivity index (χ1v) is 9.87. The quantitative estimate of drug-likeness (QED) is 0.478. The monoisotopic (exact) mass is 425 g/mol. The number of aliphatic hydroxyl groups is 1. The number of aromatic nitrogens is 4. The summed E-state index contributed by atoms with van der Waals surface area (Å²) in [6.45, 7) is 5.27. The molecular weight excluding hydrogens is 405 g/mol. The fraction of sp³-hybridized carbons (Fsp3) is 0.227. The molecule has 30 heavy (non-hydrogen) atoms. The van der Waals surface area contributed by atoms with Crippen LogP contribution in [0.15, 0.2) is 54.7 Å². The van der Waals surface area contributed by atoms with Crippen LogP contribution in [-0.4, -0.2) is 36.5 Å². The van der Waals surface area contributed by atoms with Gasteiger partial charge < -0.3 is 10.4 Å². The molecule has 4 aromatic rings. The molecule has 0 spiro atoms. The number of nitrogens with zero attached hydrogens (tertiary/aromatic N) is 4. The minimum absolute atomic E-state index is 0.289. The molecule has 2 N–H and O–H groups in total. The summed E-state index contributed by atoms with van der Waals surface area (Å²) in [7, 11) is 0. The van der Waals surface area contributed by atoms with E-state index in [0.29, 0.717) is 38.9 Å². The predicted octanol–water partition coefficient (Wildman–Crippen LogP) is 4.85. The fourth-order valence-corrected chi connectivity index (χ4v) is 3.17. The van der Waals surface area contributed by atoms with Crippen LogP contribution in [0.3, 0.4) is 0 Å². The van der Waals surface area contributed by atoms with E-state index in [-0.39, 0.29) is 11.9 Å². The van der Waals surface area contributed by atoms with Crippen LogP contribution in [0.25, 0.3) is 28.0 Å². The summed E-state index contributed by atoms with van der Waals surface area (Å²) in [5.74, 6) is 0.0313. The predicted molar refractivity (Wildman–Crippen MR) is 116 cm³/mol. The van der Waals surface area contributed by atoms with Crippen molar-refractivity contribution in [3.05, 3.63) is 65.6 Å². The van der Waals surface area contributed by atoms with Crippen molar-refractivity contribution in [3.8, 4) is 16.9 Å². The van der Waals surface area contributed by atoms with Crippen LogP contribution in [0.5, 0.6) is 0 Å². The Bertz CT molecular complexity index is 1200. The number of benzene rings is 2. The number of anilines is 1. The highest BCUT2D eigenvalue weighted by molar-refractivity contribution is 6.32. The maximum atomic E-state index is 13.5. The number of rotatable bonds is 5. The Morgan fingerprint density at radius 2 is 1.83 bits per heavy atom. The van der Waals surface area contributed by atoms with Crippen LogP contribution in [0.2, 0.25) is 5.02 Å². The Morgan fingerprint density at radius 1 is 1.13 bits per heavy atom. The van der Waals surface area contributed by atoms with Gasteiger partial charge in [0.1, 0.15) is 22.5 Å². The first kappa shape index (κ1) is 20.3. The highest BCUT2D eigenvalue weighted by Gasteiger charge is 2.24. The number of halogens is 2. The molecule has 0 saturated carbocycles. The molecule has 0 saturated heterocycles. The Kier molecular flexibility index (Phi) is 5.17. The van der Waals surface area contributed by atoms with E-state index in [1.165, 1.54) is 12.1 Å². The Balaban J connectivity index is 1.90. The maximum Gasteiger partial charge on any atom is 0.223 e. The molecule has 2 aromatic heterocycles. The molecular formula is C22H21ClFN5O. The molecule has 8 heteroatoms. The SMILES string of the molecule is C[C@H](Nc1ncc2c(n1)c(-c1ccc(F)cc1)nn2-c1ccccc1Cl)C(C)(C)O. The van der Waals surface area contributed by atoms with Crippen LogP contribution < -0.4 is 5.32 Å². The zero-order valence-corrected chi connectivity index (χ0v) is 17.5. The van der Waals surface area contributed by atoms with E-state index in [0.717, 1.165) is 0 Å². The zero-order chi connectivity index (χ0) is 21.5. The molecule has 0 radical (unpaired) electrons. The van der Waals surface area contributed by atoms with Gasteiger partial charge in [-0.15, -0.1) is 0 Å². The normalized spacial score (nSPS) is 12.9. The average molecular weight is 426 g/mol. The number of nitrogens with one attached hydrogen (secondary N) is 1. The molecule has 1 atom stereocenters. The van der Waals surface area contributed by atoms with Gasteiger partial charge in [0.05, 0.1) is 28.5 Å². The summed E-state index contributed by atoms with van der Waals surface area (Å²) in [6, 6.07) is 13.1. The highest BCUT2D eigenvalue weighted by Crippen LogP contribution is 2.31. The van der Waals surface area contributed by atoms with Crippen molar-refractivity contribution in [2.75, 3.05) is 5.32 Å². The molecule has 0 aliphatic rings. The molecule has 0 fully saturated rings. The van der Waals surface area contributed by atoms with E-state index in [1.807, 2.05) is 25.1 Å². The first-order chi connectivity index (χ1) is 14.2. The van der Waals surface area contributed by atoms with E-state index in [1.54, 1.807) is 42.9 Å². The van der Waals surface area contributed by atoms with Crippen molar-refractivity contribution in [2.45, 2.75) is 32.4 Å². The van der Waals surface area contributed by atoms with Crippen LogP contribution >= 0.6 is 11.6 Å². The second-order valence-corrected chi connectivity index (χ2v) is 8.07. The fourth-order valence-electron chi connectivity index (χ4n) is 2.96. The van der Waals surface area contributed by atoms with Crippen molar-refractivity contribution < 1.29 is 9.50 Å². The van der Waals surface area contributed by atoms with Crippen molar-refractivity contribution >= 4 is 28.6 Å². The summed E-state index contributed by atoms with van der Waals surface area (Å²) in [5, 5.41) is 18.6. The van der Waals surface area contributed by atoms with Gasteiger partial charge in [0, 0.05) is 5.56 Å². The molecule has 0 amide bonds. The number of para-hydroxylation sites is 1. The van der Waals surface area contributed by atoms with Crippen molar-refractivity contribution in [3.63, 3.8) is 0 Å². The van der Waals surface area contributed by atoms with Gasteiger partial charge in [-0.1, -0.05) is 23.7 Å². The number of hydrogen-bond donors (Lipinski definition) is 2. The third-order valence-corrected chi connectivity index (χ3v) is 5.35. The van der Waals surface area contributed by atoms with Crippen LogP contribution in [0.4, 0.5) is 10.3 Å². The lowest BCUT2D eigenvalue weighted by atomic mass is 10.0. The van der Waals surface area contributed by atoms with Gasteiger partial charge in [-0.3, -0.25) is 0 Å². The summed E-state index contributed by atoms with van der Waals surface area (Å²) >= 11 is 6.39. The van der Waals surface area contributed by atoms with Crippen LogP contribution in [0, 0.1) is 5.82 Å². The molecule has 6 nitrogen and oxygen atoms in total. The molecule has 0 bridgehead atoms. The average Bonchev–Trinajstić information content (AvgIpc) is 3.07. The molecule has 0 unspecified atom stereocenters. The van der Waals surface area contributed by atoms with Crippen LogP contribution in [-0.2, 0) is 0 Å². The minimum atomic E-state index is -0.958. The van der Waals surface area contributed by atoms with Gasteiger partial charge in [-0.25, -0.2) is 19.0 Å². The summed E-state index contributed by atoms with van der Waals surface area (Å²) in [5.41, 5.74) is 2.26. The van der Waals surface area contributed by atoms with E-state index < -0.39 is 5.60 Å². The smallest absolute Gasteiger partial charge is 0.223 e. The molecule has 0 aliphatic heterocycles. The summed E-state index contributed by atoms with van der Waals surface area (Å²) in [6.07, 6.45) is 1.66. The van der Waals surface area contributed by atoms with Gasteiger partial charge in [0.2, 0.25) is 5.95 Å². The summed E-state index contributed by atoms with van der Waals surface area (Å²) in [4.78, 5) is 9.05.